The molecule has 5 rings (SSSR count). The molecule has 1 N–H and O–H groups in total. The first-order chi connectivity index (χ1) is 16.7. The number of halogens is 2. The van der Waals surface area contributed by atoms with Crippen molar-refractivity contribution in [2.24, 2.45) is 4.40 Å². The van der Waals surface area contributed by atoms with Crippen LogP contribution in [0.25, 0.3) is 5.69 Å². The Morgan fingerprint density at radius 1 is 1.06 bits per heavy atom. The number of hydrogen-bond donors (Lipinski definition) is 1. The molecule has 0 saturated carbocycles. The summed E-state index contributed by atoms with van der Waals surface area (Å²) in [4.78, 5) is 14.9. The zero-order valence-electron chi connectivity index (χ0n) is 19.0. The number of carbonyl (C=O) groups is 1. The van der Waals surface area contributed by atoms with Crippen LogP contribution < -0.4 is 5.32 Å². The summed E-state index contributed by atoms with van der Waals surface area (Å²) in [6, 6.07) is 9.37. The maximum Gasteiger partial charge on any atom is 0.284 e. The van der Waals surface area contributed by atoms with Crippen LogP contribution in [0.3, 0.4) is 0 Å². The number of hydrogen-bond acceptors (Lipinski definition) is 4. The average molecular weight is 500 g/mol. The Hall–Kier alpha value is -3.60. The number of amidine groups is 1. The molecule has 1 amide bonds. The smallest absolute Gasteiger partial charge is 0.284 e. The van der Waals surface area contributed by atoms with Gasteiger partial charge in [0.15, 0.2) is 17.3 Å². The van der Waals surface area contributed by atoms with Crippen LogP contribution in [-0.2, 0) is 22.9 Å². The molecule has 0 radical (unpaired) electrons. The zero-order chi connectivity index (χ0) is 24.7. The van der Waals surface area contributed by atoms with Gasteiger partial charge in [-0.15, -0.1) is 4.40 Å². The van der Waals surface area contributed by atoms with E-state index in [1.54, 1.807) is 13.1 Å². The topological polar surface area (TPSA) is 96.7 Å². The molecule has 1 aromatic heterocycles. The highest BCUT2D eigenvalue weighted by Gasteiger charge is 2.28. The standard InChI is InChI=1S/C24H23F2N5O3S/c1-30-12-4-9-22(30)29-35(33,34)17-6-2-5-15(13-17)27-24(32)23-18-7-3-8-21(18)31(28-23)16-10-11-19(25)20(26)14-16/h2,5-6,10-11,13-14H,3-4,7-9,12H2,1H3,(H,27,32)/b29-22+. The second kappa shape index (κ2) is 8.88. The van der Waals surface area contributed by atoms with Gasteiger partial charge in [0.05, 0.1) is 10.6 Å². The van der Waals surface area contributed by atoms with Crippen LogP contribution in [-0.4, -0.2) is 48.4 Å². The summed E-state index contributed by atoms with van der Waals surface area (Å²) in [5, 5.41) is 7.10. The molecule has 3 aromatic rings. The van der Waals surface area contributed by atoms with Gasteiger partial charge in [-0.2, -0.15) is 13.5 Å². The van der Waals surface area contributed by atoms with Crippen molar-refractivity contribution in [3.63, 3.8) is 0 Å². The van der Waals surface area contributed by atoms with E-state index in [9.17, 15) is 22.0 Å². The molecule has 0 bridgehead atoms. The molecular weight excluding hydrogens is 476 g/mol. The first kappa shape index (κ1) is 23.2. The Bertz CT molecular complexity index is 1470. The van der Waals surface area contributed by atoms with Crippen molar-refractivity contribution in [2.75, 3.05) is 18.9 Å². The van der Waals surface area contributed by atoms with Crippen molar-refractivity contribution in [1.29, 1.82) is 0 Å². The van der Waals surface area contributed by atoms with Gasteiger partial charge in [0.1, 0.15) is 5.84 Å². The van der Waals surface area contributed by atoms with Gasteiger partial charge < -0.3 is 10.2 Å². The van der Waals surface area contributed by atoms with E-state index in [0.717, 1.165) is 42.8 Å². The third-order valence-electron chi connectivity index (χ3n) is 6.24. The van der Waals surface area contributed by atoms with Crippen LogP contribution >= 0.6 is 0 Å². The molecule has 1 fully saturated rings. The fourth-order valence-corrected chi connectivity index (χ4v) is 5.62. The highest BCUT2D eigenvalue weighted by Crippen LogP contribution is 2.29. The number of aromatic nitrogens is 2. The molecule has 2 heterocycles. The van der Waals surface area contributed by atoms with Crippen LogP contribution in [0.4, 0.5) is 14.5 Å². The Kier molecular flexibility index (Phi) is 5.87. The predicted octanol–water partition coefficient (Wildman–Crippen LogP) is 3.70. The summed E-state index contributed by atoms with van der Waals surface area (Å²) >= 11 is 0. The van der Waals surface area contributed by atoms with Crippen molar-refractivity contribution in [1.82, 2.24) is 14.7 Å². The van der Waals surface area contributed by atoms with E-state index in [1.165, 1.54) is 28.9 Å². The lowest BCUT2D eigenvalue weighted by atomic mass is 10.2. The summed E-state index contributed by atoms with van der Waals surface area (Å²) in [6.07, 6.45) is 3.53. The maximum atomic E-state index is 13.8. The number of nitrogens with zero attached hydrogens (tertiary/aromatic N) is 4. The van der Waals surface area contributed by atoms with Crippen molar-refractivity contribution < 1.29 is 22.0 Å². The Labute approximate surface area is 201 Å². The average Bonchev–Trinajstić information content (AvgIpc) is 3.53. The van der Waals surface area contributed by atoms with E-state index in [1.807, 2.05) is 4.90 Å². The number of anilines is 1. The predicted molar refractivity (Wildman–Crippen MR) is 126 cm³/mol. The van der Waals surface area contributed by atoms with Gasteiger partial charge in [0.2, 0.25) is 0 Å². The molecule has 0 unspecified atom stereocenters. The lowest BCUT2D eigenvalue weighted by Gasteiger charge is -2.11. The third-order valence-corrected chi connectivity index (χ3v) is 7.54. The fourth-order valence-electron chi connectivity index (χ4n) is 4.48. The Morgan fingerprint density at radius 2 is 1.89 bits per heavy atom. The number of sulfonamides is 1. The summed E-state index contributed by atoms with van der Waals surface area (Å²) in [5.74, 6) is -1.96. The SMILES string of the molecule is CN1CCC/C1=N\S(=O)(=O)c1cccc(NC(=O)c2nn(-c3ccc(F)c(F)c3)c3c2CCC3)c1. The number of amides is 1. The van der Waals surface area contributed by atoms with Crippen LogP contribution in [0.2, 0.25) is 0 Å². The minimum Gasteiger partial charge on any atom is -0.362 e. The lowest BCUT2D eigenvalue weighted by molar-refractivity contribution is 0.102. The monoisotopic (exact) mass is 499 g/mol. The van der Waals surface area contributed by atoms with E-state index < -0.39 is 27.6 Å². The molecule has 1 aliphatic carbocycles. The summed E-state index contributed by atoms with van der Waals surface area (Å²) in [7, 11) is -2.14. The molecular formula is C24H23F2N5O3S. The Balaban J connectivity index is 1.43. The second-order valence-corrected chi connectivity index (χ2v) is 10.2. The van der Waals surface area contributed by atoms with Gasteiger partial charge in [0.25, 0.3) is 15.9 Å². The van der Waals surface area contributed by atoms with Crippen molar-refractivity contribution >= 4 is 27.5 Å². The van der Waals surface area contributed by atoms with Crippen LogP contribution in [0, 0.1) is 11.6 Å². The third kappa shape index (κ3) is 4.43. The van der Waals surface area contributed by atoms with Gasteiger partial charge in [0, 0.05) is 43.0 Å². The molecule has 11 heteroatoms. The summed E-state index contributed by atoms with van der Waals surface area (Å²) in [5.41, 5.74) is 2.29. The quantitative estimate of drug-likeness (QED) is 0.578. The van der Waals surface area contributed by atoms with E-state index in [4.69, 9.17) is 0 Å². The van der Waals surface area contributed by atoms with Crippen LogP contribution in [0.15, 0.2) is 51.8 Å². The molecule has 8 nitrogen and oxygen atoms in total. The lowest BCUT2D eigenvalue weighted by Crippen LogP contribution is -2.20. The molecule has 182 valence electrons. The minimum atomic E-state index is -3.94. The van der Waals surface area contributed by atoms with E-state index in [-0.39, 0.29) is 16.3 Å². The maximum absolute atomic E-state index is 13.8. The molecule has 0 atom stereocenters. The zero-order valence-corrected chi connectivity index (χ0v) is 19.8. The molecule has 2 aromatic carbocycles. The number of nitrogens with one attached hydrogen (secondary N) is 1. The van der Waals surface area contributed by atoms with E-state index in [2.05, 4.69) is 14.8 Å². The first-order valence-corrected chi connectivity index (χ1v) is 12.7. The highest BCUT2D eigenvalue weighted by atomic mass is 32.2. The first-order valence-electron chi connectivity index (χ1n) is 11.3. The van der Waals surface area contributed by atoms with Gasteiger partial charge >= 0.3 is 0 Å². The van der Waals surface area contributed by atoms with Crippen LogP contribution in [0.5, 0.6) is 0 Å². The van der Waals surface area contributed by atoms with Gasteiger partial charge in [-0.05, 0) is 56.0 Å². The van der Waals surface area contributed by atoms with Gasteiger partial charge in [-0.3, -0.25) is 4.79 Å². The number of rotatable bonds is 5. The van der Waals surface area contributed by atoms with E-state index >= 15 is 0 Å². The number of fused-ring (bicyclic) bond motifs is 1. The highest BCUT2D eigenvalue weighted by molar-refractivity contribution is 7.90. The Morgan fingerprint density at radius 3 is 2.63 bits per heavy atom. The number of likely N-dealkylation sites (tertiary alicyclic amines) is 1. The second-order valence-electron chi connectivity index (χ2n) is 8.63. The number of carbonyl (C=O) groups excluding carboxylic acids is 1. The largest absolute Gasteiger partial charge is 0.362 e. The summed E-state index contributed by atoms with van der Waals surface area (Å²) in [6.45, 7) is 0.756. The molecule has 1 saturated heterocycles. The molecule has 2 aliphatic rings. The van der Waals surface area contributed by atoms with E-state index in [0.29, 0.717) is 30.8 Å². The molecule has 0 spiro atoms. The van der Waals surface area contributed by atoms with Gasteiger partial charge in [-0.25, -0.2) is 13.5 Å². The van der Waals surface area contributed by atoms with Crippen LogP contribution in [0.1, 0.15) is 41.0 Å². The summed E-state index contributed by atoms with van der Waals surface area (Å²) < 4.78 is 58.2. The van der Waals surface area contributed by atoms with Crippen molar-refractivity contribution in [2.45, 2.75) is 37.0 Å². The van der Waals surface area contributed by atoms with Crippen molar-refractivity contribution in [3.05, 3.63) is 71.1 Å². The molecule has 1 aliphatic heterocycles. The minimum absolute atomic E-state index is 0.0272. The normalized spacial score (nSPS) is 16.7. The van der Waals surface area contributed by atoms with Crippen molar-refractivity contribution in [3.8, 4) is 5.69 Å². The fraction of sp³-hybridized carbons (Fsp3) is 0.292. The van der Waals surface area contributed by atoms with Gasteiger partial charge in [-0.1, -0.05) is 6.07 Å². The number of benzene rings is 2. The molecule has 35 heavy (non-hydrogen) atoms.